The van der Waals surface area contributed by atoms with Gasteiger partial charge in [-0.25, -0.2) is 4.98 Å². The molecule has 0 bridgehead atoms. The summed E-state index contributed by atoms with van der Waals surface area (Å²) in [4.78, 5) is 18.3. The van der Waals surface area contributed by atoms with Crippen molar-refractivity contribution in [2.75, 3.05) is 18.8 Å². The van der Waals surface area contributed by atoms with E-state index >= 15 is 0 Å². The Morgan fingerprint density at radius 1 is 1.35 bits per heavy atom. The summed E-state index contributed by atoms with van der Waals surface area (Å²) in [6.45, 7) is 5.24. The molecule has 1 aliphatic rings. The zero-order valence-corrected chi connectivity index (χ0v) is 14.2. The highest BCUT2D eigenvalue weighted by atomic mass is 32.2. The van der Waals surface area contributed by atoms with Gasteiger partial charge in [0.25, 0.3) is 0 Å². The minimum Gasteiger partial charge on any atom is -0.391 e. The topological polar surface area (TPSA) is 58.4 Å². The van der Waals surface area contributed by atoms with E-state index in [2.05, 4.69) is 37.0 Å². The molecule has 0 unspecified atom stereocenters. The predicted octanol–water partition coefficient (Wildman–Crippen LogP) is 2.17. The summed E-state index contributed by atoms with van der Waals surface area (Å²) in [5.74, 6) is 0.399. The molecule has 122 valence electrons. The number of likely N-dealkylation sites (tertiary alicyclic amines) is 1. The summed E-state index contributed by atoms with van der Waals surface area (Å²) in [7, 11) is 0. The Kier molecular flexibility index (Phi) is 4.73. The standard InChI is InChI=1S/C17H21N3O2S/c1-12-7-13(2)9-14(8-12)20-6-4-18-17(20)23-11-16(22)19-5-3-15(21)10-19/h4,6-9,15,21H,3,5,10-11H2,1-2H3/t15-/m1/s1. The van der Waals surface area contributed by atoms with Crippen molar-refractivity contribution in [2.24, 2.45) is 0 Å². The van der Waals surface area contributed by atoms with Crippen molar-refractivity contribution < 1.29 is 9.90 Å². The number of β-amino-alcohol motifs (C(OH)–C–C–N with tert-alkyl or cyclic N) is 1. The highest BCUT2D eigenvalue weighted by Crippen LogP contribution is 2.23. The number of nitrogens with zero attached hydrogens (tertiary/aromatic N) is 3. The minimum atomic E-state index is -0.374. The maximum absolute atomic E-state index is 12.2. The maximum Gasteiger partial charge on any atom is 0.233 e. The molecule has 1 N–H and O–H groups in total. The Balaban J connectivity index is 1.70. The first-order valence-corrected chi connectivity index (χ1v) is 8.72. The van der Waals surface area contributed by atoms with Gasteiger partial charge in [-0.15, -0.1) is 0 Å². The molecule has 2 heterocycles. The van der Waals surface area contributed by atoms with Crippen LogP contribution in [0.4, 0.5) is 0 Å². The number of aromatic nitrogens is 2. The molecule has 6 heteroatoms. The van der Waals surface area contributed by atoms with Gasteiger partial charge in [-0.2, -0.15) is 0 Å². The molecular weight excluding hydrogens is 310 g/mol. The van der Waals surface area contributed by atoms with E-state index in [1.165, 1.54) is 22.9 Å². The maximum atomic E-state index is 12.2. The third kappa shape index (κ3) is 3.76. The number of rotatable bonds is 4. The van der Waals surface area contributed by atoms with Crippen LogP contribution in [0.1, 0.15) is 17.5 Å². The van der Waals surface area contributed by atoms with Crippen LogP contribution in [0.3, 0.4) is 0 Å². The number of thioether (sulfide) groups is 1. The molecule has 0 aliphatic carbocycles. The Labute approximate surface area is 140 Å². The van der Waals surface area contributed by atoms with E-state index in [-0.39, 0.29) is 12.0 Å². The fourth-order valence-corrected chi connectivity index (χ4v) is 3.74. The van der Waals surface area contributed by atoms with E-state index in [9.17, 15) is 9.90 Å². The van der Waals surface area contributed by atoms with Gasteiger partial charge in [0.05, 0.1) is 11.9 Å². The fourth-order valence-electron chi connectivity index (χ4n) is 2.87. The van der Waals surface area contributed by atoms with Crippen LogP contribution in [0.5, 0.6) is 0 Å². The first-order chi connectivity index (χ1) is 11.0. The highest BCUT2D eigenvalue weighted by molar-refractivity contribution is 7.99. The number of hydrogen-bond donors (Lipinski definition) is 1. The molecule has 3 rings (SSSR count). The van der Waals surface area contributed by atoms with Crippen LogP contribution in [0, 0.1) is 13.8 Å². The third-order valence-electron chi connectivity index (χ3n) is 3.93. The Hall–Kier alpha value is -1.79. The van der Waals surface area contributed by atoms with Gasteiger partial charge in [0.2, 0.25) is 5.91 Å². The Bertz CT molecular complexity index is 693. The minimum absolute atomic E-state index is 0.0570. The quantitative estimate of drug-likeness (QED) is 0.873. The summed E-state index contributed by atoms with van der Waals surface area (Å²) < 4.78 is 2.01. The van der Waals surface area contributed by atoms with Crippen molar-refractivity contribution in [2.45, 2.75) is 31.5 Å². The normalized spacial score (nSPS) is 17.7. The smallest absolute Gasteiger partial charge is 0.233 e. The molecule has 1 aromatic carbocycles. The zero-order valence-electron chi connectivity index (χ0n) is 13.4. The van der Waals surface area contributed by atoms with Gasteiger partial charge in [0.1, 0.15) is 0 Å². The first-order valence-electron chi connectivity index (χ1n) is 7.73. The third-order valence-corrected chi connectivity index (χ3v) is 4.88. The summed E-state index contributed by atoms with van der Waals surface area (Å²) >= 11 is 1.44. The van der Waals surface area contributed by atoms with Crippen molar-refractivity contribution in [1.82, 2.24) is 14.5 Å². The average Bonchev–Trinajstić information content (AvgIpc) is 3.12. The van der Waals surface area contributed by atoms with Crippen LogP contribution in [0.15, 0.2) is 35.7 Å². The Morgan fingerprint density at radius 3 is 2.74 bits per heavy atom. The lowest BCUT2D eigenvalue weighted by atomic mass is 10.1. The van der Waals surface area contributed by atoms with Crippen LogP contribution in [0.25, 0.3) is 5.69 Å². The molecule has 0 spiro atoms. The highest BCUT2D eigenvalue weighted by Gasteiger charge is 2.24. The van der Waals surface area contributed by atoms with Crippen molar-refractivity contribution in [1.29, 1.82) is 0 Å². The molecule has 23 heavy (non-hydrogen) atoms. The molecule has 1 amide bonds. The lowest BCUT2D eigenvalue weighted by molar-refractivity contribution is -0.127. The van der Waals surface area contributed by atoms with Gasteiger partial charge in [-0.3, -0.25) is 9.36 Å². The largest absolute Gasteiger partial charge is 0.391 e. The van der Waals surface area contributed by atoms with Crippen molar-refractivity contribution >= 4 is 17.7 Å². The number of amides is 1. The molecule has 1 aromatic heterocycles. The second-order valence-corrected chi connectivity index (χ2v) is 6.94. The lowest BCUT2D eigenvalue weighted by Crippen LogP contribution is -2.31. The second kappa shape index (κ2) is 6.76. The van der Waals surface area contributed by atoms with Gasteiger partial charge in [0.15, 0.2) is 5.16 Å². The summed E-state index contributed by atoms with van der Waals surface area (Å²) in [6, 6.07) is 6.35. The first kappa shape index (κ1) is 16.1. The van der Waals surface area contributed by atoms with E-state index in [1.54, 1.807) is 11.1 Å². The molecule has 1 fully saturated rings. The summed E-state index contributed by atoms with van der Waals surface area (Å²) in [5.41, 5.74) is 3.46. The molecule has 2 aromatic rings. The fraction of sp³-hybridized carbons (Fsp3) is 0.412. The molecule has 1 saturated heterocycles. The van der Waals surface area contributed by atoms with Crippen LogP contribution in [-0.4, -0.2) is 50.4 Å². The van der Waals surface area contributed by atoms with Gasteiger partial charge in [-0.05, 0) is 43.5 Å². The number of benzene rings is 1. The number of aliphatic hydroxyl groups is 1. The lowest BCUT2D eigenvalue weighted by Gasteiger charge is -2.15. The molecule has 1 aliphatic heterocycles. The number of carbonyl (C=O) groups is 1. The average molecular weight is 331 g/mol. The SMILES string of the molecule is Cc1cc(C)cc(-n2ccnc2SCC(=O)N2CC[C@@H](O)C2)c1. The van der Waals surface area contributed by atoms with Gasteiger partial charge in [-0.1, -0.05) is 17.8 Å². The van der Waals surface area contributed by atoms with Gasteiger partial charge in [0, 0.05) is 31.2 Å². The number of aryl methyl sites for hydroxylation is 2. The van der Waals surface area contributed by atoms with Crippen molar-refractivity contribution in [3.05, 3.63) is 41.7 Å². The van der Waals surface area contributed by atoms with E-state index in [1.807, 2.05) is 10.8 Å². The van der Waals surface area contributed by atoms with Crippen molar-refractivity contribution in [3.8, 4) is 5.69 Å². The molecule has 0 saturated carbocycles. The predicted molar refractivity (Wildman–Crippen MR) is 91.0 cm³/mol. The number of carbonyl (C=O) groups excluding carboxylic acids is 1. The number of imidazole rings is 1. The van der Waals surface area contributed by atoms with Gasteiger partial charge < -0.3 is 10.0 Å². The van der Waals surface area contributed by atoms with Crippen molar-refractivity contribution in [3.63, 3.8) is 0 Å². The number of aliphatic hydroxyl groups excluding tert-OH is 1. The van der Waals surface area contributed by atoms with E-state index in [0.717, 1.165) is 10.8 Å². The van der Waals surface area contributed by atoms with E-state index < -0.39 is 0 Å². The van der Waals surface area contributed by atoms with E-state index in [4.69, 9.17) is 0 Å². The van der Waals surface area contributed by atoms with Gasteiger partial charge >= 0.3 is 0 Å². The second-order valence-electron chi connectivity index (χ2n) is 6.00. The summed E-state index contributed by atoms with van der Waals surface area (Å²) in [5, 5.41) is 10.3. The number of hydrogen-bond acceptors (Lipinski definition) is 4. The van der Waals surface area contributed by atoms with Crippen LogP contribution in [0.2, 0.25) is 0 Å². The van der Waals surface area contributed by atoms with Crippen LogP contribution < -0.4 is 0 Å². The monoisotopic (exact) mass is 331 g/mol. The molecule has 5 nitrogen and oxygen atoms in total. The molecule has 1 atom stereocenters. The Morgan fingerprint density at radius 2 is 2.09 bits per heavy atom. The zero-order chi connectivity index (χ0) is 16.4. The summed E-state index contributed by atoms with van der Waals surface area (Å²) in [6.07, 6.45) is 3.97. The van der Waals surface area contributed by atoms with Crippen LogP contribution >= 0.6 is 11.8 Å². The van der Waals surface area contributed by atoms with E-state index in [0.29, 0.717) is 25.3 Å². The van der Waals surface area contributed by atoms with Crippen LogP contribution in [-0.2, 0) is 4.79 Å². The molecular formula is C17H21N3O2S. The molecule has 0 radical (unpaired) electrons.